The van der Waals surface area contributed by atoms with E-state index >= 15 is 0 Å². The van der Waals surface area contributed by atoms with E-state index in [2.05, 4.69) is 5.32 Å². The Morgan fingerprint density at radius 1 is 1.30 bits per heavy atom. The van der Waals surface area contributed by atoms with E-state index in [0.29, 0.717) is 0 Å². The van der Waals surface area contributed by atoms with Gasteiger partial charge >= 0.3 is 0 Å². The molecule has 0 spiro atoms. The number of carbonyl (C=O) groups is 1. The number of carbonyl (C=O) groups excluding carboxylic acids is 1. The summed E-state index contributed by atoms with van der Waals surface area (Å²) in [6, 6.07) is 3.23. The Bertz CT molecular complexity index is 544. The van der Waals surface area contributed by atoms with Crippen LogP contribution in [-0.2, 0) is 11.2 Å². The van der Waals surface area contributed by atoms with Crippen molar-refractivity contribution in [3.8, 4) is 0 Å². The third-order valence-corrected chi connectivity index (χ3v) is 2.85. The Labute approximate surface area is 115 Å². The molecule has 8 nitrogen and oxygen atoms in total. The van der Waals surface area contributed by atoms with E-state index in [1.807, 2.05) is 13.8 Å². The van der Waals surface area contributed by atoms with Gasteiger partial charge in [0.1, 0.15) is 0 Å². The molecule has 0 saturated carbocycles. The molecule has 8 heteroatoms. The maximum Gasteiger partial charge on any atom is 0.279 e. The van der Waals surface area contributed by atoms with Gasteiger partial charge in [-0.2, -0.15) is 0 Å². The van der Waals surface area contributed by atoms with Crippen molar-refractivity contribution in [3.63, 3.8) is 0 Å². The summed E-state index contributed by atoms with van der Waals surface area (Å²) >= 11 is 0. The number of amides is 1. The van der Waals surface area contributed by atoms with Crippen molar-refractivity contribution in [2.45, 2.75) is 32.7 Å². The third kappa shape index (κ3) is 4.01. The molecule has 108 valence electrons. The predicted octanol–water partition coefficient (Wildman–Crippen LogP) is 1.96. The monoisotopic (exact) mass is 281 g/mol. The quantitative estimate of drug-likeness (QED) is 0.632. The maximum atomic E-state index is 11.7. The lowest BCUT2D eigenvalue weighted by Gasteiger charge is -2.11. The molecule has 1 rings (SSSR count). The SMILES string of the molecule is CC[C@H](C)NC(=O)Cc1ccc([N+](=O)[O-])cc1[N+](=O)[O-]. The van der Waals surface area contributed by atoms with Gasteiger partial charge in [-0.3, -0.25) is 25.0 Å². The van der Waals surface area contributed by atoms with E-state index in [4.69, 9.17) is 0 Å². The molecule has 20 heavy (non-hydrogen) atoms. The zero-order chi connectivity index (χ0) is 15.3. The van der Waals surface area contributed by atoms with Crippen molar-refractivity contribution in [3.05, 3.63) is 44.0 Å². The lowest BCUT2D eigenvalue weighted by molar-refractivity contribution is -0.394. The smallest absolute Gasteiger partial charge is 0.279 e. The second-order valence-corrected chi connectivity index (χ2v) is 4.38. The summed E-state index contributed by atoms with van der Waals surface area (Å²) in [5.41, 5.74) is -0.636. The normalized spacial score (nSPS) is 11.7. The molecule has 0 aliphatic rings. The first-order chi connectivity index (χ1) is 9.35. The third-order valence-electron chi connectivity index (χ3n) is 2.85. The number of non-ortho nitro benzene ring substituents is 1. The molecule has 0 aliphatic heterocycles. The second kappa shape index (κ2) is 6.60. The summed E-state index contributed by atoms with van der Waals surface area (Å²) in [6.45, 7) is 3.72. The van der Waals surface area contributed by atoms with Gasteiger partial charge in [-0.25, -0.2) is 0 Å². The fraction of sp³-hybridized carbons (Fsp3) is 0.417. The Hall–Kier alpha value is -2.51. The largest absolute Gasteiger partial charge is 0.353 e. The average molecular weight is 281 g/mol. The molecular weight excluding hydrogens is 266 g/mol. The van der Waals surface area contributed by atoms with E-state index in [1.54, 1.807) is 0 Å². The number of benzene rings is 1. The van der Waals surface area contributed by atoms with Gasteiger partial charge in [0, 0.05) is 17.7 Å². The predicted molar refractivity (Wildman–Crippen MR) is 71.4 cm³/mol. The van der Waals surface area contributed by atoms with Crippen LogP contribution in [0.3, 0.4) is 0 Å². The van der Waals surface area contributed by atoms with Crippen molar-refractivity contribution in [1.82, 2.24) is 5.32 Å². The average Bonchev–Trinajstić information content (AvgIpc) is 2.38. The topological polar surface area (TPSA) is 115 Å². The van der Waals surface area contributed by atoms with E-state index in [-0.39, 0.29) is 29.6 Å². The van der Waals surface area contributed by atoms with Crippen LogP contribution in [0.25, 0.3) is 0 Å². The number of hydrogen-bond donors (Lipinski definition) is 1. The summed E-state index contributed by atoms with van der Waals surface area (Å²) in [5.74, 6) is -0.351. The lowest BCUT2D eigenvalue weighted by Crippen LogP contribution is -2.33. The van der Waals surface area contributed by atoms with Gasteiger partial charge in [0.25, 0.3) is 11.4 Å². The molecule has 1 aromatic rings. The van der Waals surface area contributed by atoms with Gasteiger partial charge in [-0.15, -0.1) is 0 Å². The van der Waals surface area contributed by atoms with Crippen LogP contribution in [0.4, 0.5) is 11.4 Å². The first-order valence-corrected chi connectivity index (χ1v) is 6.06. The minimum absolute atomic E-state index is 0.0281. The molecule has 0 aromatic heterocycles. The molecule has 0 heterocycles. The van der Waals surface area contributed by atoms with E-state index < -0.39 is 15.5 Å². The molecule has 0 bridgehead atoms. The molecule has 0 aliphatic carbocycles. The van der Waals surface area contributed by atoms with Crippen LogP contribution < -0.4 is 5.32 Å². The fourth-order valence-corrected chi connectivity index (χ4v) is 1.59. The molecule has 1 N–H and O–H groups in total. The first kappa shape index (κ1) is 15.5. The van der Waals surface area contributed by atoms with Crippen LogP contribution >= 0.6 is 0 Å². The molecule has 1 atom stereocenters. The van der Waals surface area contributed by atoms with Gasteiger partial charge in [-0.1, -0.05) is 6.92 Å². The van der Waals surface area contributed by atoms with Crippen LogP contribution in [-0.4, -0.2) is 21.8 Å². The number of hydrogen-bond acceptors (Lipinski definition) is 5. The summed E-state index contributed by atoms with van der Waals surface area (Å²) in [7, 11) is 0. The van der Waals surface area contributed by atoms with Gasteiger partial charge in [0.05, 0.1) is 22.3 Å². The van der Waals surface area contributed by atoms with Crippen molar-refractivity contribution in [1.29, 1.82) is 0 Å². The maximum absolute atomic E-state index is 11.7. The van der Waals surface area contributed by atoms with Gasteiger partial charge < -0.3 is 5.32 Å². The molecule has 0 saturated heterocycles. The van der Waals surface area contributed by atoms with Gasteiger partial charge in [0.15, 0.2) is 0 Å². The second-order valence-electron chi connectivity index (χ2n) is 4.38. The minimum Gasteiger partial charge on any atom is -0.353 e. The number of nitro groups is 2. The van der Waals surface area contributed by atoms with Crippen LogP contribution in [0.2, 0.25) is 0 Å². The standard InChI is InChI=1S/C12H15N3O5/c1-3-8(2)13-12(16)6-9-4-5-10(14(17)18)7-11(9)15(19)20/h4-5,7-8H,3,6H2,1-2H3,(H,13,16)/t8-/m0/s1. The highest BCUT2D eigenvalue weighted by Gasteiger charge is 2.21. The minimum atomic E-state index is -0.723. The highest BCUT2D eigenvalue weighted by Crippen LogP contribution is 2.25. The molecule has 1 amide bonds. The number of rotatable bonds is 6. The summed E-state index contributed by atoms with van der Waals surface area (Å²) in [6.07, 6.45) is 0.562. The number of nitro benzene ring substituents is 2. The first-order valence-electron chi connectivity index (χ1n) is 6.06. The Morgan fingerprint density at radius 2 is 1.95 bits per heavy atom. The number of nitrogens with one attached hydrogen (secondary N) is 1. The van der Waals surface area contributed by atoms with Crippen molar-refractivity contribution < 1.29 is 14.6 Å². The van der Waals surface area contributed by atoms with E-state index in [1.165, 1.54) is 6.07 Å². The Kier molecular flexibility index (Phi) is 5.13. The summed E-state index contributed by atoms with van der Waals surface area (Å²) < 4.78 is 0. The van der Waals surface area contributed by atoms with Gasteiger partial charge in [-0.05, 0) is 19.4 Å². The van der Waals surface area contributed by atoms with Crippen LogP contribution in [0.15, 0.2) is 18.2 Å². The zero-order valence-electron chi connectivity index (χ0n) is 11.2. The lowest BCUT2D eigenvalue weighted by atomic mass is 10.1. The Morgan fingerprint density at radius 3 is 2.45 bits per heavy atom. The molecule has 0 radical (unpaired) electrons. The van der Waals surface area contributed by atoms with Crippen LogP contribution in [0, 0.1) is 20.2 Å². The van der Waals surface area contributed by atoms with E-state index in [0.717, 1.165) is 18.6 Å². The summed E-state index contributed by atoms with van der Waals surface area (Å²) in [4.78, 5) is 31.8. The van der Waals surface area contributed by atoms with Crippen molar-refractivity contribution in [2.24, 2.45) is 0 Å². The van der Waals surface area contributed by atoms with Gasteiger partial charge in [0.2, 0.25) is 5.91 Å². The Balaban J connectivity index is 2.97. The zero-order valence-corrected chi connectivity index (χ0v) is 11.2. The van der Waals surface area contributed by atoms with E-state index in [9.17, 15) is 25.0 Å². The molecular formula is C12H15N3O5. The molecule has 1 aromatic carbocycles. The molecule has 0 unspecified atom stereocenters. The van der Waals surface area contributed by atoms with Crippen molar-refractivity contribution >= 4 is 17.3 Å². The summed E-state index contributed by atoms with van der Waals surface area (Å²) in [5, 5.41) is 24.2. The number of nitrogens with zero attached hydrogens (tertiary/aromatic N) is 2. The highest BCUT2D eigenvalue weighted by molar-refractivity contribution is 5.80. The van der Waals surface area contributed by atoms with Crippen LogP contribution in [0.5, 0.6) is 0 Å². The fourth-order valence-electron chi connectivity index (χ4n) is 1.59. The van der Waals surface area contributed by atoms with Crippen molar-refractivity contribution in [2.75, 3.05) is 0 Å². The highest BCUT2D eigenvalue weighted by atomic mass is 16.6. The van der Waals surface area contributed by atoms with Crippen LogP contribution in [0.1, 0.15) is 25.8 Å². The molecule has 0 fully saturated rings.